The van der Waals surface area contributed by atoms with Gasteiger partial charge in [-0.3, -0.25) is 4.79 Å². The first-order valence-electron chi connectivity index (χ1n) is 9.06. The standard InChI is InChI=1S/C22H19N3O2S2/c1-27-18-10-6-5-9-16(18)12-23-20(26)13-28-21-17-11-19(15-7-3-2-4-8-15)29-22(17)25-14-24-21/h2-11,14H,12-13H2,1H3,(H,23,26). The molecule has 2 heterocycles. The van der Waals surface area contributed by atoms with Crippen LogP contribution < -0.4 is 10.1 Å². The normalized spacial score (nSPS) is 10.8. The van der Waals surface area contributed by atoms with Gasteiger partial charge in [0.05, 0.1) is 12.9 Å². The van der Waals surface area contributed by atoms with Crippen molar-refractivity contribution < 1.29 is 9.53 Å². The quantitative estimate of drug-likeness (QED) is 0.344. The van der Waals surface area contributed by atoms with Crippen LogP contribution in [0.25, 0.3) is 20.7 Å². The van der Waals surface area contributed by atoms with Crippen molar-refractivity contribution in [3.05, 3.63) is 72.6 Å². The molecule has 29 heavy (non-hydrogen) atoms. The molecule has 0 fully saturated rings. The van der Waals surface area contributed by atoms with Crippen LogP contribution in [0.5, 0.6) is 5.75 Å². The molecule has 0 unspecified atom stereocenters. The molecule has 0 aliphatic carbocycles. The van der Waals surface area contributed by atoms with Crippen LogP contribution in [0.1, 0.15) is 5.56 Å². The minimum absolute atomic E-state index is 0.0498. The fourth-order valence-corrected chi connectivity index (χ4v) is 4.79. The second-order valence-corrected chi connectivity index (χ2v) is 8.25. The molecular formula is C22H19N3O2S2. The molecule has 0 atom stereocenters. The maximum atomic E-state index is 12.3. The van der Waals surface area contributed by atoms with Crippen LogP contribution in [0.4, 0.5) is 0 Å². The molecule has 1 amide bonds. The summed E-state index contributed by atoms with van der Waals surface area (Å²) in [6, 6.07) is 20.0. The highest BCUT2D eigenvalue weighted by Crippen LogP contribution is 2.36. The highest BCUT2D eigenvalue weighted by atomic mass is 32.2. The Hall–Kier alpha value is -2.90. The van der Waals surface area contributed by atoms with Gasteiger partial charge in [0, 0.05) is 22.4 Å². The molecule has 5 nitrogen and oxygen atoms in total. The molecule has 0 spiro atoms. The molecule has 7 heteroatoms. The van der Waals surface area contributed by atoms with Gasteiger partial charge in [0.2, 0.25) is 5.91 Å². The molecule has 2 aromatic heterocycles. The lowest BCUT2D eigenvalue weighted by molar-refractivity contribution is -0.118. The summed E-state index contributed by atoms with van der Waals surface area (Å²) < 4.78 is 5.32. The van der Waals surface area contributed by atoms with E-state index in [1.54, 1.807) is 24.8 Å². The summed E-state index contributed by atoms with van der Waals surface area (Å²) in [6.07, 6.45) is 1.56. The fourth-order valence-electron chi connectivity index (χ4n) is 2.92. The number of hydrogen-bond donors (Lipinski definition) is 1. The molecular weight excluding hydrogens is 402 g/mol. The fraction of sp³-hybridized carbons (Fsp3) is 0.136. The number of benzene rings is 2. The number of rotatable bonds is 7. The molecule has 4 aromatic rings. The van der Waals surface area contributed by atoms with Gasteiger partial charge in [0.25, 0.3) is 0 Å². The second-order valence-electron chi connectivity index (χ2n) is 6.25. The maximum absolute atomic E-state index is 12.3. The third-order valence-corrected chi connectivity index (χ3v) is 6.46. The van der Waals surface area contributed by atoms with Gasteiger partial charge in [-0.2, -0.15) is 0 Å². The number of thioether (sulfide) groups is 1. The van der Waals surface area contributed by atoms with Gasteiger partial charge in [-0.15, -0.1) is 11.3 Å². The summed E-state index contributed by atoms with van der Waals surface area (Å²) >= 11 is 3.06. The average molecular weight is 422 g/mol. The van der Waals surface area contributed by atoms with Crippen LogP contribution in [-0.4, -0.2) is 28.7 Å². The summed E-state index contributed by atoms with van der Waals surface area (Å²) in [5, 5.41) is 4.75. The summed E-state index contributed by atoms with van der Waals surface area (Å²) in [5.41, 5.74) is 2.10. The number of para-hydroxylation sites is 1. The Kier molecular flexibility index (Phi) is 6.07. The van der Waals surface area contributed by atoms with Crippen molar-refractivity contribution in [2.45, 2.75) is 11.6 Å². The number of hydrogen-bond acceptors (Lipinski definition) is 6. The zero-order valence-electron chi connectivity index (χ0n) is 15.8. The van der Waals surface area contributed by atoms with E-state index in [9.17, 15) is 4.79 Å². The van der Waals surface area contributed by atoms with Gasteiger partial charge < -0.3 is 10.1 Å². The van der Waals surface area contributed by atoms with Crippen molar-refractivity contribution >= 4 is 39.2 Å². The van der Waals surface area contributed by atoms with E-state index >= 15 is 0 Å². The van der Waals surface area contributed by atoms with Crippen LogP contribution >= 0.6 is 23.1 Å². The van der Waals surface area contributed by atoms with Crippen LogP contribution in [0, 0.1) is 0 Å². The molecule has 0 bridgehead atoms. The van der Waals surface area contributed by atoms with Crippen molar-refractivity contribution in [2.75, 3.05) is 12.9 Å². The van der Waals surface area contributed by atoms with Crippen molar-refractivity contribution in [1.82, 2.24) is 15.3 Å². The van der Waals surface area contributed by atoms with Crippen molar-refractivity contribution in [1.29, 1.82) is 0 Å². The molecule has 1 N–H and O–H groups in total. The smallest absolute Gasteiger partial charge is 0.230 e. The largest absolute Gasteiger partial charge is 0.496 e. The zero-order valence-corrected chi connectivity index (χ0v) is 17.4. The SMILES string of the molecule is COc1ccccc1CNC(=O)CSc1ncnc2sc(-c3ccccc3)cc12. The van der Waals surface area contributed by atoms with Crippen LogP contribution in [0.15, 0.2) is 72.0 Å². The van der Waals surface area contributed by atoms with Crippen molar-refractivity contribution in [3.63, 3.8) is 0 Å². The summed E-state index contributed by atoms with van der Waals surface area (Å²) in [4.78, 5) is 23.2. The van der Waals surface area contributed by atoms with E-state index in [4.69, 9.17) is 4.74 Å². The third kappa shape index (κ3) is 4.58. The number of carbonyl (C=O) groups excluding carboxylic acids is 1. The number of thiophene rings is 1. The number of nitrogens with one attached hydrogen (secondary N) is 1. The topological polar surface area (TPSA) is 64.1 Å². The van der Waals surface area contributed by atoms with E-state index in [0.29, 0.717) is 6.54 Å². The first-order chi connectivity index (χ1) is 14.2. The summed E-state index contributed by atoms with van der Waals surface area (Å²) in [6.45, 7) is 0.430. The third-order valence-electron chi connectivity index (χ3n) is 4.36. The van der Waals surface area contributed by atoms with Crippen LogP contribution in [0.2, 0.25) is 0 Å². The molecule has 0 saturated heterocycles. The Morgan fingerprint density at radius 1 is 1.10 bits per heavy atom. The second kappa shape index (κ2) is 9.07. The van der Waals surface area contributed by atoms with Gasteiger partial charge in [-0.1, -0.05) is 60.3 Å². The Morgan fingerprint density at radius 3 is 2.72 bits per heavy atom. The Morgan fingerprint density at radius 2 is 1.90 bits per heavy atom. The number of amides is 1. The maximum Gasteiger partial charge on any atom is 0.230 e. The van der Waals surface area contributed by atoms with E-state index in [2.05, 4.69) is 33.5 Å². The number of ether oxygens (including phenoxy) is 1. The first kappa shape index (κ1) is 19.4. The van der Waals surface area contributed by atoms with Gasteiger partial charge in [-0.05, 0) is 17.7 Å². The summed E-state index contributed by atoms with van der Waals surface area (Å²) in [5.74, 6) is 1.01. The molecule has 0 aliphatic rings. The minimum Gasteiger partial charge on any atom is -0.496 e. The molecule has 0 aliphatic heterocycles. The minimum atomic E-state index is -0.0498. The molecule has 2 aromatic carbocycles. The van der Waals surface area contributed by atoms with E-state index in [1.165, 1.54) is 11.8 Å². The van der Waals surface area contributed by atoms with E-state index < -0.39 is 0 Å². The highest BCUT2D eigenvalue weighted by Gasteiger charge is 2.12. The van der Waals surface area contributed by atoms with Gasteiger partial charge in [-0.25, -0.2) is 9.97 Å². The molecule has 0 saturated carbocycles. The van der Waals surface area contributed by atoms with Crippen molar-refractivity contribution in [3.8, 4) is 16.2 Å². The van der Waals surface area contributed by atoms with Crippen LogP contribution in [0.3, 0.4) is 0 Å². The molecule has 4 rings (SSSR count). The number of aromatic nitrogens is 2. The highest BCUT2D eigenvalue weighted by molar-refractivity contribution is 8.00. The Balaban J connectivity index is 1.43. The van der Waals surface area contributed by atoms with Crippen LogP contribution in [-0.2, 0) is 11.3 Å². The number of carbonyl (C=O) groups is 1. The monoisotopic (exact) mass is 421 g/mol. The summed E-state index contributed by atoms with van der Waals surface area (Å²) in [7, 11) is 1.63. The Bertz CT molecular complexity index is 1130. The molecule has 0 radical (unpaired) electrons. The van der Waals surface area contributed by atoms with Gasteiger partial charge in [0.15, 0.2) is 0 Å². The predicted molar refractivity (Wildman–Crippen MR) is 118 cm³/mol. The number of nitrogens with zero attached hydrogens (tertiary/aromatic N) is 2. The lowest BCUT2D eigenvalue weighted by atomic mass is 10.2. The van der Waals surface area contributed by atoms with E-state index in [0.717, 1.165) is 37.0 Å². The Labute approximate surface area is 177 Å². The van der Waals surface area contributed by atoms with Gasteiger partial charge >= 0.3 is 0 Å². The van der Waals surface area contributed by atoms with Crippen molar-refractivity contribution in [2.24, 2.45) is 0 Å². The zero-order chi connectivity index (χ0) is 20.1. The molecule has 146 valence electrons. The first-order valence-corrected chi connectivity index (χ1v) is 10.9. The number of fused-ring (bicyclic) bond motifs is 1. The number of methoxy groups -OCH3 is 1. The van der Waals surface area contributed by atoms with Gasteiger partial charge in [0.1, 0.15) is 21.9 Å². The van der Waals surface area contributed by atoms with E-state index in [-0.39, 0.29) is 11.7 Å². The lowest BCUT2D eigenvalue weighted by Crippen LogP contribution is -2.24. The van der Waals surface area contributed by atoms with E-state index in [1.807, 2.05) is 42.5 Å². The predicted octanol–water partition coefficient (Wildman–Crippen LogP) is 4.78. The average Bonchev–Trinajstić information content (AvgIpc) is 3.22. The lowest BCUT2D eigenvalue weighted by Gasteiger charge is -2.09.